The van der Waals surface area contributed by atoms with Gasteiger partial charge in [0.1, 0.15) is 0 Å². The van der Waals surface area contributed by atoms with Crippen LogP contribution in [0.4, 0.5) is 0 Å². The summed E-state index contributed by atoms with van der Waals surface area (Å²) >= 11 is 0. The van der Waals surface area contributed by atoms with Crippen LogP contribution in [0.15, 0.2) is 23.0 Å². The lowest BCUT2D eigenvalue weighted by Crippen LogP contribution is -2.43. The summed E-state index contributed by atoms with van der Waals surface area (Å²) in [6.45, 7) is 5.53. The molecule has 0 aromatic carbocycles. The second kappa shape index (κ2) is 6.00. The van der Waals surface area contributed by atoms with Gasteiger partial charge in [0.05, 0.1) is 24.5 Å². The van der Waals surface area contributed by atoms with Gasteiger partial charge in [-0.15, -0.1) is 0 Å². The summed E-state index contributed by atoms with van der Waals surface area (Å²) in [5.41, 5.74) is 0.815. The summed E-state index contributed by atoms with van der Waals surface area (Å²) in [7, 11) is 3.45. The van der Waals surface area contributed by atoms with Crippen molar-refractivity contribution in [3.63, 3.8) is 0 Å². The fraction of sp³-hybridized carbons (Fsp3) is 0.647. The average molecular weight is 319 g/mol. The van der Waals surface area contributed by atoms with E-state index in [1.165, 1.54) is 0 Å². The first-order chi connectivity index (χ1) is 10.9. The number of likely N-dealkylation sites (tertiary alicyclic amines) is 2. The third kappa shape index (κ3) is 2.87. The maximum Gasteiger partial charge on any atom is 0.241 e. The Morgan fingerprint density at radius 2 is 2.26 bits per heavy atom. The van der Waals surface area contributed by atoms with Crippen molar-refractivity contribution in [2.24, 2.45) is 11.3 Å². The molecule has 2 aliphatic rings. The monoisotopic (exact) mass is 319 g/mol. The average Bonchev–Trinajstić information content (AvgIpc) is 3.18. The van der Waals surface area contributed by atoms with Gasteiger partial charge in [0, 0.05) is 45.8 Å². The smallest absolute Gasteiger partial charge is 0.241 e. The quantitative estimate of drug-likeness (QED) is 0.832. The minimum atomic E-state index is -0.323. The molecule has 0 saturated carbocycles. The molecule has 23 heavy (non-hydrogen) atoms. The largest absolute Gasteiger partial charge is 0.472 e. The lowest BCUT2D eigenvalue weighted by atomic mass is 9.78. The zero-order valence-electron chi connectivity index (χ0n) is 14.1. The molecule has 0 aliphatic carbocycles. The number of rotatable bonds is 4. The van der Waals surface area contributed by atoms with Crippen LogP contribution in [0.25, 0.3) is 0 Å². The van der Waals surface area contributed by atoms with Gasteiger partial charge >= 0.3 is 0 Å². The summed E-state index contributed by atoms with van der Waals surface area (Å²) in [5.74, 6) is 0.438. The molecule has 2 atom stereocenters. The second-order valence-electron chi connectivity index (χ2n) is 7.12. The van der Waals surface area contributed by atoms with Gasteiger partial charge in [-0.1, -0.05) is 6.92 Å². The van der Waals surface area contributed by atoms with Crippen molar-refractivity contribution in [2.45, 2.75) is 19.9 Å². The van der Waals surface area contributed by atoms with Gasteiger partial charge in [-0.05, 0) is 18.4 Å². The third-order valence-electron chi connectivity index (χ3n) is 5.33. The number of amides is 2. The van der Waals surface area contributed by atoms with Crippen LogP contribution in [0.1, 0.15) is 18.9 Å². The molecule has 126 valence electrons. The van der Waals surface area contributed by atoms with E-state index in [1.54, 1.807) is 36.4 Å². The van der Waals surface area contributed by atoms with Crippen LogP contribution in [-0.2, 0) is 16.1 Å². The first-order valence-corrected chi connectivity index (χ1v) is 8.15. The Hall–Kier alpha value is -1.82. The fourth-order valence-electron chi connectivity index (χ4n) is 3.86. The van der Waals surface area contributed by atoms with Crippen LogP contribution in [0, 0.1) is 11.3 Å². The van der Waals surface area contributed by atoms with E-state index in [0.29, 0.717) is 12.5 Å². The Labute approximate surface area is 137 Å². The lowest BCUT2D eigenvalue weighted by Gasteiger charge is -2.27. The number of hydrogen-bond donors (Lipinski definition) is 0. The minimum absolute atomic E-state index is 0.0173. The standard InChI is InChI=1S/C17H25N3O3/c1-13-8-19(9-14-4-7-23-11-14)12-17(13)5-6-20(16(17)22)10-15(21)18(2)3/h4,7,11,13H,5-6,8-10,12H2,1-3H3/t13-,17-/m0/s1. The van der Waals surface area contributed by atoms with E-state index < -0.39 is 0 Å². The number of furan rings is 1. The van der Waals surface area contributed by atoms with E-state index >= 15 is 0 Å². The van der Waals surface area contributed by atoms with Gasteiger partial charge in [0.25, 0.3) is 0 Å². The Morgan fingerprint density at radius 1 is 1.48 bits per heavy atom. The molecular formula is C17H25N3O3. The molecule has 0 radical (unpaired) electrons. The van der Waals surface area contributed by atoms with E-state index in [2.05, 4.69) is 11.8 Å². The molecular weight excluding hydrogens is 294 g/mol. The molecule has 6 nitrogen and oxygen atoms in total. The van der Waals surface area contributed by atoms with E-state index in [0.717, 1.165) is 31.6 Å². The Bertz CT molecular complexity index is 584. The van der Waals surface area contributed by atoms with Gasteiger partial charge in [-0.25, -0.2) is 0 Å². The Kier molecular flexibility index (Phi) is 4.19. The van der Waals surface area contributed by atoms with Crippen LogP contribution in [0.3, 0.4) is 0 Å². The molecule has 1 aromatic heterocycles. The van der Waals surface area contributed by atoms with Gasteiger partial charge < -0.3 is 14.2 Å². The van der Waals surface area contributed by atoms with Gasteiger partial charge in [0.2, 0.25) is 11.8 Å². The molecule has 6 heteroatoms. The maximum atomic E-state index is 13.0. The van der Waals surface area contributed by atoms with Crippen LogP contribution in [0.2, 0.25) is 0 Å². The fourth-order valence-corrected chi connectivity index (χ4v) is 3.86. The highest BCUT2D eigenvalue weighted by molar-refractivity contribution is 5.90. The van der Waals surface area contributed by atoms with Crippen molar-refractivity contribution in [1.82, 2.24) is 14.7 Å². The van der Waals surface area contributed by atoms with E-state index in [4.69, 9.17) is 4.42 Å². The molecule has 3 heterocycles. The van der Waals surface area contributed by atoms with Crippen LogP contribution in [-0.4, -0.2) is 66.8 Å². The molecule has 2 amide bonds. The summed E-state index contributed by atoms with van der Waals surface area (Å²) in [6.07, 6.45) is 4.28. The molecule has 2 fully saturated rings. The zero-order chi connectivity index (χ0) is 16.6. The molecule has 2 aliphatic heterocycles. The molecule has 2 saturated heterocycles. The molecule has 0 unspecified atom stereocenters. The zero-order valence-corrected chi connectivity index (χ0v) is 14.1. The molecule has 0 N–H and O–H groups in total. The first kappa shape index (κ1) is 16.1. The number of carbonyl (C=O) groups is 2. The molecule has 1 spiro atoms. The predicted molar refractivity (Wildman–Crippen MR) is 85.5 cm³/mol. The van der Waals surface area contributed by atoms with Crippen LogP contribution < -0.4 is 0 Å². The van der Waals surface area contributed by atoms with Crippen LogP contribution in [0.5, 0.6) is 0 Å². The summed E-state index contributed by atoms with van der Waals surface area (Å²) < 4.78 is 5.13. The van der Waals surface area contributed by atoms with E-state index in [1.807, 2.05) is 6.07 Å². The van der Waals surface area contributed by atoms with Crippen molar-refractivity contribution in [3.05, 3.63) is 24.2 Å². The summed E-state index contributed by atoms with van der Waals surface area (Å²) in [5, 5.41) is 0. The topological polar surface area (TPSA) is 57.0 Å². The summed E-state index contributed by atoms with van der Waals surface area (Å²) in [4.78, 5) is 30.5. The normalized spacial score (nSPS) is 28.0. The number of carbonyl (C=O) groups excluding carboxylic acids is 2. The van der Waals surface area contributed by atoms with E-state index in [-0.39, 0.29) is 23.8 Å². The highest BCUT2D eigenvalue weighted by Crippen LogP contribution is 2.45. The van der Waals surface area contributed by atoms with Gasteiger partial charge in [-0.3, -0.25) is 14.5 Å². The summed E-state index contributed by atoms with van der Waals surface area (Å²) in [6, 6.07) is 1.97. The number of likely N-dealkylation sites (N-methyl/N-ethyl adjacent to an activating group) is 1. The Morgan fingerprint density at radius 3 is 2.91 bits per heavy atom. The van der Waals surface area contributed by atoms with E-state index in [9.17, 15) is 9.59 Å². The van der Waals surface area contributed by atoms with Crippen molar-refractivity contribution < 1.29 is 14.0 Å². The van der Waals surface area contributed by atoms with Gasteiger partial charge in [0.15, 0.2) is 0 Å². The minimum Gasteiger partial charge on any atom is -0.472 e. The second-order valence-corrected chi connectivity index (χ2v) is 7.12. The highest BCUT2D eigenvalue weighted by Gasteiger charge is 2.55. The lowest BCUT2D eigenvalue weighted by molar-refractivity contribution is -0.142. The molecule has 1 aromatic rings. The van der Waals surface area contributed by atoms with Crippen molar-refractivity contribution in [2.75, 3.05) is 40.3 Å². The van der Waals surface area contributed by atoms with Crippen LogP contribution >= 0.6 is 0 Å². The number of hydrogen-bond acceptors (Lipinski definition) is 4. The van der Waals surface area contributed by atoms with Crippen molar-refractivity contribution in [3.8, 4) is 0 Å². The molecule has 3 rings (SSSR count). The van der Waals surface area contributed by atoms with Crippen molar-refractivity contribution in [1.29, 1.82) is 0 Å². The maximum absolute atomic E-state index is 13.0. The number of nitrogens with zero attached hydrogens (tertiary/aromatic N) is 3. The van der Waals surface area contributed by atoms with Crippen molar-refractivity contribution >= 4 is 11.8 Å². The molecule has 0 bridgehead atoms. The first-order valence-electron chi connectivity index (χ1n) is 8.15. The highest BCUT2D eigenvalue weighted by atomic mass is 16.3. The van der Waals surface area contributed by atoms with Gasteiger partial charge in [-0.2, -0.15) is 0 Å². The predicted octanol–water partition coefficient (Wildman–Crippen LogP) is 1.04. The third-order valence-corrected chi connectivity index (χ3v) is 5.33. The SMILES string of the molecule is C[C@H]1CN(Cc2ccoc2)C[C@@]12CCN(CC(=O)N(C)C)C2=O. The Balaban J connectivity index is 1.67.